The lowest BCUT2D eigenvalue weighted by Crippen LogP contribution is -2.39. The second-order valence-corrected chi connectivity index (χ2v) is 8.25. The van der Waals surface area contributed by atoms with Crippen LogP contribution in [0.4, 0.5) is 5.82 Å². The van der Waals surface area contributed by atoms with Crippen LogP contribution in [0, 0.1) is 18.3 Å². The van der Waals surface area contributed by atoms with Crippen molar-refractivity contribution in [1.29, 1.82) is 0 Å². The summed E-state index contributed by atoms with van der Waals surface area (Å²) in [5.41, 5.74) is 1.81. The Kier molecular flexibility index (Phi) is 4.51. The first-order valence-electron chi connectivity index (χ1n) is 10.1. The lowest BCUT2D eigenvalue weighted by molar-refractivity contribution is 0.0738. The van der Waals surface area contributed by atoms with E-state index in [-0.39, 0.29) is 23.8 Å². The molecule has 0 aliphatic carbocycles. The number of benzene rings is 1. The van der Waals surface area contributed by atoms with Crippen LogP contribution in [0.25, 0.3) is 11.3 Å². The molecule has 1 amide bonds. The Labute approximate surface area is 174 Å². The van der Waals surface area contributed by atoms with Crippen LogP contribution in [-0.2, 0) is 0 Å². The van der Waals surface area contributed by atoms with Crippen LogP contribution in [0.15, 0.2) is 53.1 Å². The molecule has 2 saturated heterocycles. The first kappa shape index (κ1) is 18.7. The summed E-state index contributed by atoms with van der Waals surface area (Å²) in [5.74, 6) is 1.42. The van der Waals surface area contributed by atoms with Gasteiger partial charge >= 0.3 is 0 Å². The largest absolute Gasteiger partial charge is 0.396 e. The Balaban J connectivity index is 1.31. The number of carbonyl (C=O) groups excluding carboxylic acids is 1. The summed E-state index contributed by atoms with van der Waals surface area (Å²) in [6, 6.07) is 15.5. The van der Waals surface area contributed by atoms with Crippen LogP contribution >= 0.6 is 0 Å². The van der Waals surface area contributed by atoms with Gasteiger partial charge in [-0.3, -0.25) is 4.79 Å². The van der Waals surface area contributed by atoms with E-state index in [4.69, 9.17) is 4.52 Å². The quantitative estimate of drug-likeness (QED) is 0.709. The predicted molar refractivity (Wildman–Crippen MR) is 110 cm³/mol. The third-order valence-corrected chi connectivity index (χ3v) is 6.25. The lowest BCUT2D eigenvalue weighted by Gasteiger charge is -2.27. The van der Waals surface area contributed by atoms with Gasteiger partial charge in [-0.1, -0.05) is 35.5 Å². The molecular formula is C22H23N5O3. The normalized spacial score (nSPS) is 23.1. The molecule has 5 rings (SSSR count). The molecule has 2 atom stereocenters. The van der Waals surface area contributed by atoms with E-state index in [0.717, 1.165) is 23.6 Å². The van der Waals surface area contributed by atoms with Gasteiger partial charge in [0.05, 0.1) is 12.3 Å². The zero-order valence-electron chi connectivity index (χ0n) is 16.7. The van der Waals surface area contributed by atoms with Crippen molar-refractivity contribution >= 4 is 11.7 Å². The van der Waals surface area contributed by atoms with E-state index in [1.54, 1.807) is 17.9 Å². The molecule has 4 heterocycles. The van der Waals surface area contributed by atoms with Crippen LogP contribution < -0.4 is 4.90 Å². The van der Waals surface area contributed by atoms with E-state index in [1.807, 2.05) is 42.5 Å². The predicted octanol–water partition coefficient (Wildman–Crippen LogP) is 2.01. The number of nitrogens with zero attached hydrogens (tertiary/aromatic N) is 5. The van der Waals surface area contributed by atoms with Crippen LogP contribution in [0.5, 0.6) is 0 Å². The van der Waals surface area contributed by atoms with Gasteiger partial charge in [0, 0.05) is 49.1 Å². The second kappa shape index (κ2) is 7.21. The number of amides is 1. The Morgan fingerprint density at radius 1 is 1.17 bits per heavy atom. The highest BCUT2D eigenvalue weighted by Crippen LogP contribution is 2.43. The fourth-order valence-electron chi connectivity index (χ4n) is 4.62. The Morgan fingerprint density at radius 3 is 2.63 bits per heavy atom. The number of hydrogen-bond donors (Lipinski definition) is 1. The van der Waals surface area contributed by atoms with Crippen LogP contribution in [-0.4, -0.2) is 64.1 Å². The summed E-state index contributed by atoms with van der Waals surface area (Å²) in [5, 5.41) is 22.9. The van der Waals surface area contributed by atoms with Crippen molar-refractivity contribution in [3.8, 4) is 11.3 Å². The third-order valence-electron chi connectivity index (χ3n) is 6.25. The molecule has 0 saturated carbocycles. The number of rotatable bonds is 4. The number of carbonyl (C=O) groups is 1. The van der Waals surface area contributed by atoms with Crippen molar-refractivity contribution in [3.63, 3.8) is 0 Å². The minimum Gasteiger partial charge on any atom is -0.396 e. The number of aliphatic hydroxyl groups excluding tert-OH is 1. The molecule has 2 aromatic heterocycles. The maximum atomic E-state index is 12.8. The van der Waals surface area contributed by atoms with Crippen molar-refractivity contribution < 1.29 is 14.4 Å². The van der Waals surface area contributed by atoms with E-state index in [9.17, 15) is 9.90 Å². The van der Waals surface area contributed by atoms with Crippen molar-refractivity contribution in [1.82, 2.24) is 20.3 Å². The lowest BCUT2D eigenvalue weighted by atomic mass is 9.82. The van der Waals surface area contributed by atoms with E-state index in [2.05, 4.69) is 20.3 Å². The number of hydrogen-bond acceptors (Lipinski definition) is 7. The van der Waals surface area contributed by atoms with Crippen molar-refractivity contribution in [2.75, 3.05) is 37.7 Å². The molecule has 8 heteroatoms. The van der Waals surface area contributed by atoms with E-state index < -0.39 is 0 Å². The number of aliphatic hydroxyl groups is 1. The molecule has 0 spiro atoms. The van der Waals surface area contributed by atoms with E-state index in [1.165, 1.54) is 0 Å². The highest BCUT2D eigenvalue weighted by atomic mass is 16.5. The topological polar surface area (TPSA) is 95.6 Å². The minimum atomic E-state index is -0.367. The number of aromatic nitrogens is 3. The maximum Gasteiger partial charge on any atom is 0.276 e. The molecular weight excluding hydrogens is 382 g/mol. The number of likely N-dealkylation sites (tertiary alicyclic amines) is 1. The summed E-state index contributed by atoms with van der Waals surface area (Å²) in [7, 11) is 0. The number of anilines is 1. The zero-order chi connectivity index (χ0) is 20.7. The van der Waals surface area contributed by atoms with Gasteiger partial charge < -0.3 is 19.4 Å². The standard InChI is InChI=1S/C22H23N5O3/c1-15-9-19(25-30-15)21(29)27-11-17-10-26(12-22(17,13-27)14-28)20-8-7-18(23-24-20)16-5-3-2-4-6-16/h2-9,17,28H,10-14H2,1H3/t17-,22+/m0/s1. The highest BCUT2D eigenvalue weighted by Gasteiger charge is 2.53. The van der Waals surface area contributed by atoms with E-state index in [0.29, 0.717) is 31.1 Å². The molecule has 1 N–H and O–H groups in total. The SMILES string of the molecule is Cc1cc(C(=O)N2C[C@@H]3CN(c4ccc(-c5ccccc5)nn4)C[C@]3(CO)C2)no1. The summed E-state index contributed by atoms with van der Waals surface area (Å²) in [4.78, 5) is 16.7. The summed E-state index contributed by atoms with van der Waals surface area (Å²) in [6.45, 7) is 4.21. The summed E-state index contributed by atoms with van der Waals surface area (Å²) in [6.07, 6.45) is 0. The number of fused-ring (bicyclic) bond motifs is 1. The molecule has 0 radical (unpaired) electrons. The molecule has 2 fully saturated rings. The minimum absolute atomic E-state index is 0.0192. The molecule has 0 unspecified atom stereocenters. The van der Waals surface area contributed by atoms with Crippen LogP contribution in [0.2, 0.25) is 0 Å². The second-order valence-electron chi connectivity index (χ2n) is 8.25. The Morgan fingerprint density at radius 2 is 2.00 bits per heavy atom. The van der Waals surface area contributed by atoms with Gasteiger partial charge in [-0.15, -0.1) is 10.2 Å². The van der Waals surface area contributed by atoms with E-state index >= 15 is 0 Å². The van der Waals surface area contributed by atoms with Crippen molar-refractivity contribution in [2.45, 2.75) is 6.92 Å². The third kappa shape index (κ3) is 3.13. The number of aryl methyl sites for hydroxylation is 1. The maximum absolute atomic E-state index is 12.8. The summed E-state index contributed by atoms with van der Waals surface area (Å²) >= 11 is 0. The first-order valence-corrected chi connectivity index (χ1v) is 10.1. The Bertz CT molecular complexity index is 1050. The van der Waals surface area contributed by atoms with Crippen LogP contribution in [0.3, 0.4) is 0 Å². The van der Waals surface area contributed by atoms with Gasteiger partial charge in [-0.2, -0.15) is 0 Å². The van der Waals surface area contributed by atoms with Gasteiger partial charge in [0.2, 0.25) is 0 Å². The molecule has 30 heavy (non-hydrogen) atoms. The highest BCUT2D eigenvalue weighted by molar-refractivity contribution is 5.92. The fraction of sp³-hybridized carbons (Fsp3) is 0.364. The van der Waals surface area contributed by atoms with Gasteiger partial charge in [0.1, 0.15) is 5.76 Å². The van der Waals surface area contributed by atoms with Gasteiger partial charge in [0.25, 0.3) is 5.91 Å². The molecule has 154 valence electrons. The summed E-state index contributed by atoms with van der Waals surface area (Å²) < 4.78 is 5.04. The average molecular weight is 405 g/mol. The van der Waals surface area contributed by atoms with Crippen molar-refractivity contribution in [2.24, 2.45) is 11.3 Å². The van der Waals surface area contributed by atoms with Crippen LogP contribution in [0.1, 0.15) is 16.2 Å². The molecule has 2 aliphatic rings. The van der Waals surface area contributed by atoms with Gasteiger partial charge in [-0.25, -0.2) is 0 Å². The molecule has 2 aliphatic heterocycles. The monoisotopic (exact) mass is 405 g/mol. The Hall–Kier alpha value is -3.26. The van der Waals surface area contributed by atoms with Crippen molar-refractivity contribution in [3.05, 3.63) is 60.0 Å². The zero-order valence-corrected chi connectivity index (χ0v) is 16.7. The van der Waals surface area contributed by atoms with Gasteiger partial charge in [0.15, 0.2) is 11.5 Å². The molecule has 8 nitrogen and oxygen atoms in total. The molecule has 1 aromatic carbocycles. The van der Waals surface area contributed by atoms with Gasteiger partial charge in [-0.05, 0) is 19.1 Å². The fourth-order valence-corrected chi connectivity index (χ4v) is 4.62. The smallest absolute Gasteiger partial charge is 0.276 e. The first-order chi connectivity index (χ1) is 14.6. The average Bonchev–Trinajstić information content (AvgIpc) is 3.46. The molecule has 0 bridgehead atoms. The molecule has 3 aromatic rings.